The average Bonchev–Trinajstić information content (AvgIpc) is 3.17. The summed E-state index contributed by atoms with van der Waals surface area (Å²) in [5, 5.41) is 5.04. The molecule has 4 rings (SSSR count). The van der Waals surface area contributed by atoms with Crippen molar-refractivity contribution in [3.8, 4) is 0 Å². The Morgan fingerprint density at radius 3 is 2.68 bits per heavy atom. The van der Waals surface area contributed by atoms with Gasteiger partial charge in [0.2, 0.25) is 4.80 Å². The van der Waals surface area contributed by atoms with Gasteiger partial charge in [-0.2, -0.15) is 0 Å². The molecule has 184 valence electrons. The van der Waals surface area contributed by atoms with Gasteiger partial charge in [-0.05, 0) is 82.5 Å². The maximum atomic E-state index is 12.4. The Morgan fingerprint density at radius 1 is 1.09 bits per heavy atom. The lowest BCUT2D eigenvalue weighted by molar-refractivity contribution is 0.536. The molecule has 34 heavy (non-hydrogen) atoms. The van der Waals surface area contributed by atoms with E-state index >= 15 is 0 Å². The zero-order valence-corrected chi connectivity index (χ0v) is 21.8. The summed E-state index contributed by atoms with van der Waals surface area (Å²) in [4.78, 5) is 23.0. The smallest absolute Gasteiger partial charge is 0.340 e. The van der Waals surface area contributed by atoms with E-state index in [1.807, 2.05) is 25.3 Å². The minimum Gasteiger partial charge on any atom is -0.384 e. The highest BCUT2D eigenvalue weighted by atomic mass is 32.1. The van der Waals surface area contributed by atoms with E-state index in [0.29, 0.717) is 6.54 Å². The van der Waals surface area contributed by atoms with Gasteiger partial charge in [0.1, 0.15) is 0 Å². The summed E-state index contributed by atoms with van der Waals surface area (Å²) in [5.41, 5.74) is 5.26. The van der Waals surface area contributed by atoms with Gasteiger partial charge in [-0.3, -0.25) is 14.5 Å². The molecule has 0 saturated heterocycles. The maximum Gasteiger partial charge on any atom is 0.340 e. The first-order valence-electron chi connectivity index (χ1n) is 13.1. The number of fused-ring (bicyclic) bond motifs is 2. The van der Waals surface area contributed by atoms with E-state index in [-0.39, 0.29) is 11.7 Å². The summed E-state index contributed by atoms with van der Waals surface area (Å²) >= 11 is 1.49. The van der Waals surface area contributed by atoms with Crippen LogP contribution in [0.3, 0.4) is 0 Å². The maximum absolute atomic E-state index is 12.4. The van der Waals surface area contributed by atoms with Crippen molar-refractivity contribution in [3.05, 3.63) is 50.8 Å². The van der Waals surface area contributed by atoms with Gasteiger partial charge in [0.15, 0.2) is 0 Å². The number of unbranched alkanes of at least 4 members (excludes halogenated alkanes) is 4. The number of nitrogens with zero attached hydrogens (tertiary/aromatic N) is 4. The van der Waals surface area contributed by atoms with E-state index in [0.717, 1.165) is 42.7 Å². The minimum absolute atomic E-state index is 0.0667. The van der Waals surface area contributed by atoms with Crippen molar-refractivity contribution in [2.24, 2.45) is 4.99 Å². The van der Waals surface area contributed by atoms with Crippen LogP contribution in [0, 0.1) is 0 Å². The molecule has 0 unspecified atom stereocenters. The summed E-state index contributed by atoms with van der Waals surface area (Å²) in [6.07, 6.45) is 10.7. The van der Waals surface area contributed by atoms with Crippen molar-refractivity contribution in [2.75, 3.05) is 18.4 Å². The largest absolute Gasteiger partial charge is 0.384 e. The van der Waals surface area contributed by atoms with E-state index in [4.69, 9.17) is 9.98 Å². The summed E-state index contributed by atoms with van der Waals surface area (Å²) in [7, 11) is 0. The van der Waals surface area contributed by atoms with Crippen molar-refractivity contribution in [1.82, 2.24) is 13.5 Å². The lowest BCUT2D eigenvalue weighted by atomic mass is 9.92. The van der Waals surface area contributed by atoms with Gasteiger partial charge in [-0.25, -0.2) is 8.75 Å². The van der Waals surface area contributed by atoms with Gasteiger partial charge in [0.25, 0.3) is 0 Å². The van der Waals surface area contributed by atoms with Crippen LogP contribution >= 0.6 is 11.5 Å². The van der Waals surface area contributed by atoms with Crippen LogP contribution in [0.4, 0.5) is 5.69 Å². The third-order valence-corrected chi connectivity index (χ3v) is 7.80. The van der Waals surface area contributed by atoms with Gasteiger partial charge < -0.3 is 5.32 Å². The molecule has 7 heteroatoms. The van der Waals surface area contributed by atoms with Crippen LogP contribution in [0.5, 0.6) is 0 Å². The zero-order valence-electron chi connectivity index (χ0n) is 21.0. The fourth-order valence-corrected chi connectivity index (χ4v) is 5.88. The minimum atomic E-state index is 0.0667. The monoisotopic (exact) mass is 481 g/mol. The van der Waals surface area contributed by atoms with Gasteiger partial charge in [0.05, 0.1) is 5.52 Å². The SMILES string of the molecule is CCn1sc(=NCCCCCCCNc2c3c(nc4ccccc24)CCCC3)n(C(C)C)c1=O. The molecule has 1 aliphatic carbocycles. The predicted molar refractivity (Wildman–Crippen MR) is 143 cm³/mol. The quantitative estimate of drug-likeness (QED) is 0.357. The topological polar surface area (TPSA) is 64.2 Å². The number of rotatable bonds is 11. The Labute approximate surface area is 206 Å². The molecule has 0 bridgehead atoms. The van der Waals surface area contributed by atoms with Gasteiger partial charge in [0, 0.05) is 42.4 Å². The summed E-state index contributed by atoms with van der Waals surface area (Å²) in [6.45, 7) is 8.62. The van der Waals surface area contributed by atoms with E-state index < -0.39 is 0 Å². The molecule has 0 spiro atoms. The van der Waals surface area contributed by atoms with Crippen LogP contribution in [0.25, 0.3) is 10.9 Å². The number of aryl methyl sites for hydroxylation is 2. The Bertz CT molecular complexity index is 1220. The van der Waals surface area contributed by atoms with Crippen molar-refractivity contribution in [1.29, 1.82) is 0 Å². The van der Waals surface area contributed by atoms with E-state index in [9.17, 15) is 4.79 Å². The molecule has 2 heterocycles. The third kappa shape index (κ3) is 5.62. The van der Waals surface area contributed by atoms with Gasteiger partial charge in [-0.15, -0.1) is 0 Å². The second-order valence-electron chi connectivity index (χ2n) is 9.53. The van der Waals surface area contributed by atoms with Crippen LogP contribution in [0.1, 0.15) is 83.0 Å². The molecule has 0 atom stereocenters. The Hall–Kier alpha value is -2.41. The number of hydrogen-bond donors (Lipinski definition) is 1. The first-order valence-corrected chi connectivity index (χ1v) is 13.8. The van der Waals surface area contributed by atoms with Crippen molar-refractivity contribution in [3.63, 3.8) is 0 Å². The molecule has 2 aromatic heterocycles. The van der Waals surface area contributed by atoms with Crippen molar-refractivity contribution >= 4 is 28.1 Å². The Balaban J connectivity index is 1.24. The van der Waals surface area contributed by atoms with E-state index in [2.05, 4.69) is 29.6 Å². The highest BCUT2D eigenvalue weighted by Crippen LogP contribution is 2.33. The lowest BCUT2D eigenvalue weighted by Gasteiger charge is -2.21. The normalized spacial score (nSPS) is 14.2. The van der Waals surface area contributed by atoms with E-state index in [1.54, 1.807) is 3.96 Å². The van der Waals surface area contributed by atoms with Crippen molar-refractivity contribution in [2.45, 2.75) is 91.1 Å². The lowest BCUT2D eigenvalue weighted by Crippen LogP contribution is -2.31. The molecule has 6 nitrogen and oxygen atoms in total. The number of para-hydroxylation sites is 1. The fraction of sp³-hybridized carbons (Fsp3) is 0.593. The second-order valence-corrected chi connectivity index (χ2v) is 10.5. The molecule has 0 aliphatic heterocycles. The molecular weight excluding hydrogens is 442 g/mol. The van der Waals surface area contributed by atoms with E-state index in [1.165, 1.54) is 72.4 Å². The second kappa shape index (κ2) is 11.8. The number of nitrogens with one attached hydrogen (secondary N) is 1. The molecule has 3 aromatic rings. The number of benzene rings is 1. The number of anilines is 1. The molecule has 1 N–H and O–H groups in total. The van der Waals surface area contributed by atoms with Crippen molar-refractivity contribution < 1.29 is 0 Å². The molecule has 1 aromatic carbocycles. The first-order chi connectivity index (χ1) is 16.6. The van der Waals surface area contributed by atoms with Gasteiger partial charge >= 0.3 is 5.69 Å². The van der Waals surface area contributed by atoms with Gasteiger partial charge in [-0.1, -0.05) is 37.5 Å². The van der Waals surface area contributed by atoms with Crippen LogP contribution < -0.4 is 15.8 Å². The zero-order chi connectivity index (χ0) is 23.9. The Morgan fingerprint density at radius 2 is 1.85 bits per heavy atom. The molecule has 0 saturated carbocycles. The van der Waals surface area contributed by atoms with Crippen LogP contribution in [-0.4, -0.2) is 26.6 Å². The molecule has 0 amide bonds. The number of aromatic nitrogens is 3. The molecule has 0 fully saturated rings. The highest BCUT2D eigenvalue weighted by Gasteiger charge is 2.17. The molecular formula is C27H39N5OS. The van der Waals surface area contributed by atoms with Crippen LogP contribution in [0.2, 0.25) is 0 Å². The highest BCUT2D eigenvalue weighted by molar-refractivity contribution is 7.03. The fourth-order valence-electron chi connectivity index (χ4n) is 4.86. The van der Waals surface area contributed by atoms with Crippen LogP contribution in [0.15, 0.2) is 34.1 Å². The summed E-state index contributed by atoms with van der Waals surface area (Å²) < 4.78 is 3.61. The van der Waals surface area contributed by atoms with Crippen LogP contribution in [-0.2, 0) is 19.4 Å². The average molecular weight is 482 g/mol. The number of hydrogen-bond acceptors (Lipinski definition) is 5. The third-order valence-electron chi connectivity index (χ3n) is 6.67. The predicted octanol–water partition coefficient (Wildman–Crippen LogP) is 5.70. The number of pyridine rings is 1. The summed E-state index contributed by atoms with van der Waals surface area (Å²) in [6, 6.07) is 8.69. The summed E-state index contributed by atoms with van der Waals surface area (Å²) in [5.74, 6) is 0. The standard InChI is InChI=1S/C27H39N5OS/c1-4-31-27(33)32(20(2)3)26(34-31)29-19-13-7-5-6-12-18-28-25-21-14-8-10-16-23(21)30-24-17-11-9-15-22(24)25/h8,10,14,16,20H,4-7,9,11-13,15,17-19H2,1-3H3,(H,28,30). The Kier molecular flexibility index (Phi) is 8.59. The molecule has 0 radical (unpaired) electrons. The first kappa shape index (κ1) is 24.7. The molecule has 1 aliphatic rings.